The van der Waals surface area contributed by atoms with Crippen LogP contribution in [0.25, 0.3) is 0 Å². The second kappa shape index (κ2) is 9.35. The number of thioether (sulfide) groups is 1. The van der Waals surface area contributed by atoms with Crippen LogP contribution >= 0.6 is 23.4 Å². The Labute approximate surface area is 150 Å². The van der Waals surface area contributed by atoms with E-state index in [4.69, 9.17) is 16.3 Å². The number of nitrogens with one attached hydrogen (secondary N) is 1. The summed E-state index contributed by atoms with van der Waals surface area (Å²) in [6, 6.07) is 14.6. The highest BCUT2D eigenvalue weighted by Crippen LogP contribution is 2.20. The number of amides is 1. The zero-order chi connectivity index (χ0) is 17.4. The topological polar surface area (TPSA) is 55.4 Å². The van der Waals surface area contributed by atoms with E-state index < -0.39 is 5.97 Å². The van der Waals surface area contributed by atoms with E-state index in [1.165, 1.54) is 11.8 Å². The third kappa shape index (κ3) is 5.58. The molecule has 1 N–H and O–H groups in total. The SMILES string of the molecule is CSc1ccccc1C(=O)OCC(=O)NCCc1cccc(Cl)c1. The van der Waals surface area contributed by atoms with Gasteiger partial charge in [-0.25, -0.2) is 4.79 Å². The number of benzene rings is 2. The number of ether oxygens (including phenoxy) is 1. The van der Waals surface area contributed by atoms with Crippen molar-refractivity contribution >= 4 is 35.2 Å². The molecule has 0 bridgehead atoms. The van der Waals surface area contributed by atoms with Gasteiger partial charge in [-0.2, -0.15) is 0 Å². The molecule has 0 saturated carbocycles. The standard InChI is InChI=1S/C18H18ClNO3S/c1-24-16-8-3-2-7-15(16)18(22)23-12-17(21)20-10-9-13-5-4-6-14(19)11-13/h2-8,11H,9-10,12H2,1H3,(H,20,21). The van der Waals surface area contributed by atoms with Crippen molar-refractivity contribution in [1.82, 2.24) is 5.32 Å². The summed E-state index contributed by atoms with van der Waals surface area (Å²) in [6.07, 6.45) is 2.55. The Balaban J connectivity index is 1.75. The number of carbonyl (C=O) groups is 2. The van der Waals surface area contributed by atoms with Gasteiger partial charge in [0.05, 0.1) is 5.56 Å². The van der Waals surface area contributed by atoms with E-state index in [-0.39, 0.29) is 12.5 Å². The van der Waals surface area contributed by atoms with Crippen molar-refractivity contribution in [3.05, 3.63) is 64.7 Å². The molecule has 0 aliphatic carbocycles. The molecule has 0 unspecified atom stereocenters. The third-order valence-electron chi connectivity index (χ3n) is 3.29. The highest BCUT2D eigenvalue weighted by Gasteiger charge is 2.13. The average molecular weight is 364 g/mol. The van der Waals surface area contributed by atoms with E-state index in [9.17, 15) is 9.59 Å². The molecule has 0 aliphatic heterocycles. The van der Waals surface area contributed by atoms with Crippen LogP contribution in [-0.4, -0.2) is 31.3 Å². The van der Waals surface area contributed by atoms with Crippen LogP contribution in [-0.2, 0) is 16.0 Å². The number of halogens is 1. The molecule has 2 rings (SSSR count). The fraction of sp³-hybridized carbons (Fsp3) is 0.222. The Bertz CT molecular complexity index is 721. The highest BCUT2D eigenvalue weighted by atomic mass is 35.5. The fourth-order valence-corrected chi connectivity index (χ4v) is 2.91. The van der Waals surface area contributed by atoms with Crippen LogP contribution in [0.3, 0.4) is 0 Å². The van der Waals surface area contributed by atoms with E-state index in [1.807, 2.05) is 36.6 Å². The lowest BCUT2D eigenvalue weighted by atomic mass is 10.1. The fourth-order valence-electron chi connectivity index (χ4n) is 2.11. The minimum Gasteiger partial charge on any atom is -0.452 e. The van der Waals surface area contributed by atoms with Crippen molar-refractivity contribution in [3.8, 4) is 0 Å². The summed E-state index contributed by atoms with van der Waals surface area (Å²) in [6.45, 7) is 0.162. The van der Waals surface area contributed by atoms with Crippen LogP contribution in [0.2, 0.25) is 5.02 Å². The van der Waals surface area contributed by atoms with E-state index in [2.05, 4.69) is 5.32 Å². The molecule has 0 saturated heterocycles. The van der Waals surface area contributed by atoms with Crippen LogP contribution in [0.15, 0.2) is 53.4 Å². The van der Waals surface area contributed by atoms with Gasteiger partial charge in [-0.1, -0.05) is 35.9 Å². The molecule has 6 heteroatoms. The zero-order valence-electron chi connectivity index (χ0n) is 13.3. The van der Waals surface area contributed by atoms with Crippen molar-refractivity contribution in [2.75, 3.05) is 19.4 Å². The maximum absolute atomic E-state index is 12.0. The Kier molecular flexibility index (Phi) is 7.15. The first kappa shape index (κ1) is 18.4. The van der Waals surface area contributed by atoms with E-state index in [0.29, 0.717) is 23.6 Å². The summed E-state index contributed by atoms with van der Waals surface area (Å²) < 4.78 is 5.07. The first-order valence-corrected chi connectivity index (χ1v) is 9.01. The number of esters is 1. The molecule has 126 valence electrons. The van der Waals surface area contributed by atoms with Crippen LogP contribution in [0.4, 0.5) is 0 Å². The lowest BCUT2D eigenvalue weighted by molar-refractivity contribution is -0.124. The molecule has 1 amide bonds. The molecular weight excluding hydrogens is 346 g/mol. The maximum atomic E-state index is 12.0. The Morgan fingerprint density at radius 2 is 1.96 bits per heavy atom. The van der Waals surface area contributed by atoms with Crippen molar-refractivity contribution in [1.29, 1.82) is 0 Å². The predicted molar refractivity (Wildman–Crippen MR) is 96.7 cm³/mol. The van der Waals surface area contributed by atoms with Gasteiger partial charge in [0.2, 0.25) is 0 Å². The van der Waals surface area contributed by atoms with Crippen LogP contribution < -0.4 is 5.32 Å². The third-order valence-corrected chi connectivity index (χ3v) is 4.32. The number of hydrogen-bond acceptors (Lipinski definition) is 4. The van der Waals surface area contributed by atoms with Gasteiger partial charge in [0.15, 0.2) is 6.61 Å². The second-order valence-corrected chi connectivity index (χ2v) is 6.29. The lowest BCUT2D eigenvalue weighted by Gasteiger charge is -2.09. The summed E-state index contributed by atoms with van der Waals surface area (Å²) in [5.74, 6) is -0.822. The monoisotopic (exact) mass is 363 g/mol. The second-order valence-electron chi connectivity index (χ2n) is 5.01. The number of hydrogen-bond donors (Lipinski definition) is 1. The summed E-state index contributed by atoms with van der Waals surface area (Å²) in [7, 11) is 0. The summed E-state index contributed by atoms with van der Waals surface area (Å²) in [5, 5.41) is 3.39. The molecule has 2 aromatic carbocycles. The summed E-state index contributed by atoms with van der Waals surface area (Å²) >= 11 is 7.37. The van der Waals surface area contributed by atoms with Gasteiger partial charge >= 0.3 is 5.97 Å². The lowest BCUT2D eigenvalue weighted by Crippen LogP contribution is -2.30. The summed E-state index contributed by atoms with van der Waals surface area (Å²) in [5.41, 5.74) is 1.51. The number of carbonyl (C=O) groups excluding carboxylic acids is 2. The van der Waals surface area contributed by atoms with Crippen LogP contribution in [0.1, 0.15) is 15.9 Å². The molecule has 0 heterocycles. The normalized spacial score (nSPS) is 10.2. The first-order chi connectivity index (χ1) is 11.6. The highest BCUT2D eigenvalue weighted by molar-refractivity contribution is 7.98. The van der Waals surface area contributed by atoms with Crippen molar-refractivity contribution in [2.45, 2.75) is 11.3 Å². The Morgan fingerprint density at radius 1 is 1.17 bits per heavy atom. The van der Waals surface area contributed by atoms with Gasteiger partial charge in [0.1, 0.15) is 0 Å². The predicted octanol–water partition coefficient (Wildman–Crippen LogP) is 3.58. The molecule has 4 nitrogen and oxygen atoms in total. The van der Waals surface area contributed by atoms with Crippen molar-refractivity contribution in [2.24, 2.45) is 0 Å². The van der Waals surface area contributed by atoms with E-state index in [0.717, 1.165) is 10.5 Å². The zero-order valence-corrected chi connectivity index (χ0v) is 14.8. The molecule has 2 aromatic rings. The van der Waals surface area contributed by atoms with E-state index in [1.54, 1.807) is 18.2 Å². The molecule has 0 radical (unpaired) electrons. The Hall–Kier alpha value is -1.98. The maximum Gasteiger partial charge on any atom is 0.339 e. The molecule has 0 aromatic heterocycles. The largest absolute Gasteiger partial charge is 0.452 e. The van der Waals surface area contributed by atoms with E-state index >= 15 is 0 Å². The van der Waals surface area contributed by atoms with Gasteiger partial charge in [0, 0.05) is 16.5 Å². The Morgan fingerprint density at radius 3 is 2.71 bits per heavy atom. The van der Waals surface area contributed by atoms with Crippen molar-refractivity contribution < 1.29 is 14.3 Å². The van der Waals surface area contributed by atoms with Gasteiger partial charge < -0.3 is 10.1 Å². The van der Waals surface area contributed by atoms with Gasteiger partial charge in [0.25, 0.3) is 5.91 Å². The van der Waals surface area contributed by atoms with Crippen molar-refractivity contribution in [3.63, 3.8) is 0 Å². The quantitative estimate of drug-likeness (QED) is 0.603. The van der Waals surface area contributed by atoms with Gasteiger partial charge in [-0.3, -0.25) is 4.79 Å². The molecule has 24 heavy (non-hydrogen) atoms. The van der Waals surface area contributed by atoms with Crippen LogP contribution in [0, 0.1) is 0 Å². The smallest absolute Gasteiger partial charge is 0.339 e. The number of rotatable bonds is 7. The molecule has 0 atom stereocenters. The minimum atomic E-state index is -0.495. The first-order valence-electron chi connectivity index (χ1n) is 7.41. The van der Waals surface area contributed by atoms with Gasteiger partial charge in [-0.05, 0) is 42.5 Å². The molecule has 0 spiro atoms. The summed E-state index contributed by atoms with van der Waals surface area (Å²) in [4.78, 5) is 24.6. The molecule has 0 fully saturated rings. The van der Waals surface area contributed by atoms with Gasteiger partial charge in [-0.15, -0.1) is 11.8 Å². The molecule has 0 aliphatic rings. The minimum absolute atomic E-state index is 0.295. The molecular formula is C18H18ClNO3S. The van der Waals surface area contributed by atoms with Crippen LogP contribution in [0.5, 0.6) is 0 Å². The average Bonchev–Trinajstić information content (AvgIpc) is 2.59.